The number of rotatable bonds is 4. The van der Waals surface area contributed by atoms with Crippen molar-refractivity contribution in [2.45, 2.75) is 31.2 Å². The Morgan fingerprint density at radius 1 is 1.33 bits per heavy atom. The molecule has 1 saturated heterocycles. The summed E-state index contributed by atoms with van der Waals surface area (Å²) < 4.78 is 42.9. The molecule has 2 rings (SSSR count). The van der Waals surface area contributed by atoms with Crippen LogP contribution in [0, 0.1) is 5.92 Å². The summed E-state index contributed by atoms with van der Waals surface area (Å²) in [4.78, 5) is 0. The standard InChI is InChI=1S/C13H15F3O2/c14-12(15)13(16,17)11-7-10(8-18-11)6-9-4-2-1-3-5-9/h1-5,10-12,17H,6-8H2. The molecule has 0 bridgehead atoms. The van der Waals surface area contributed by atoms with Gasteiger partial charge in [0.05, 0.1) is 6.61 Å². The molecule has 1 aromatic carbocycles. The third kappa shape index (κ3) is 2.84. The fraction of sp³-hybridized carbons (Fsp3) is 0.538. The van der Waals surface area contributed by atoms with Crippen molar-refractivity contribution in [2.75, 3.05) is 6.61 Å². The number of hydrogen-bond donors (Lipinski definition) is 1. The molecular formula is C13H15F3O2. The minimum absolute atomic E-state index is 0.0431. The zero-order valence-corrected chi connectivity index (χ0v) is 9.73. The van der Waals surface area contributed by atoms with E-state index in [-0.39, 0.29) is 18.9 Å². The van der Waals surface area contributed by atoms with Gasteiger partial charge in [-0.2, -0.15) is 0 Å². The molecule has 1 fully saturated rings. The van der Waals surface area contributed by atoms with Gasteiger partial charge in [-0.25, -0.2) is 13.2 Å². The molecule has 0 spiro atoms. The molecule has 0 amide bonds. The SMILES string of the molecule is OC(F)(C(F)F)C1CC(Cc2ccccc2)CO1. The molecule has 0 radical (unpaired) electrons. The monoisotopic (exact) mass is 260 g/mol. The van der Waals surface area contributed by atoms with Crippen LogP contribution in [0.4, 0.5) is 13.2 Å². The first-order valence-electron chi connectivity index (χ1n) is 5.85. The van der Waals surface area contributed by atoms with Crippen LogP contribution in [0.25, 0.3) is 0 Å². The lowest BCUT2D eigenvalue weighted by atomic mass is 9.95. The molecule has 3 atom stereocenters. The second-order valence-corrected chi connectivity index (χ2v) is 4.64. The van der Waals surface area contributed by atoms with Gasteiger partial charge in [0, 0.05) is 0 Å². The highest BCUT2D eigenvalue weighted by atomic mass is 19.3. The lowest BCUT2D eigenvalue weighted by Crippen LogP contribution is -2.44. The summed E-state index contributed by atoms with van der Waals surface area (Å²) in [5.74, 6) is -3.59. The molecule has 18 heavy (non-hydrogen) atoms. The molecule has 1 aromatic rings. The summed E-state index contributed by atoms with van der Waals surface area (Å²) in [6.45, 7) is 0.193. The van der Waals surface area contributed by atoms with Gasteiger partial charge in [0.25, 0.3) is 12.3 Å². The van der Waals surface area contributed by atoms with Crippen molar-refractivity contribution < 1.29 is 23.0 Å². The number of alkyl halides is 3. The molecule has 3 unspecified atom stereocenters. The fourth-order valence-electron chi connectivity index (χ4n) is 2.20. The number of halogens is 3. The Hall–Kier alpha value is -1.07. The van der Waals surface area contributed by atoms with Crippen molar-refractivity contribution >= 4 is 0 Å². The molecule has 5 heteroatoms. The lowest BCUT2D eigenvalue weighted by Gasteiger charge is -2.23. The van der Waals surface area contributed by atoms with Crippen molar-refractivity contribution in [3.8, 4) is 0 Å². The van der Waals surface area contributed by atoms with Crippen LogP contribution < -0.4 is 0 Å². The Morgan fingerprint density at radius 3 is 2.61 bits per heavy atom. The quantitative estimate of drug-likeness (QED) is 0.901. The molecule has 1 heterocycles. The third-order valence-corrected chi connectivity index (χ3v) is 3.21. The highest BCUT2D eigenvalue weighted by Gasteiger charge is 2.50. The van der Waals surface area contributed by atoms with E-state index >= 15 is 0 Å². The van der Waals surface area contributed by atoms with E-state index < -0.39 is 18.4 Å². The summed E-state index contributed by atoms with van der Waals surface area (Å²) in [7, 11) is 0. The molecule has 0 saturated carbocycles. The zero-order valence-electron chi connectivity index (χ0n) is 9.73. The molecule has 1 aliphatic rings. The maximum atomic E-state index is 13.3. The van der Waals surface area contributed by atoms with Gasteiger partial charge in [-0.05, 0) is 24.3 Å². The van der Waals surface area contributed by atoms with Gasteiger partial charge in [0.2, 0.25) is 0 Å². The van der Waals surface area contributed by atoms with Crippen LogP contribution in [0.3, 0.4) is 0 Å². The van der Waals surface area contributed by atoms with Crippen LogP contribution in [0.1, 0.15) is 12.0 Å². The van der Waals surface area contributed by atoms with E-state index in [1.54, 1.807) is 0 Å². The minimum atomic E-state index is -3.55. The number of benzene rings is 1. The van der Waals surface area contributed by atoms with Gasteiger partial charge in [-0.1, -0.05) is 30.3 Å². The molecule has 1 aliphatic heterocycles. The Kier molecular flexibility index (Phi) is 3.92. The first-order valence-corrected chi connectivity index (χ1v) is 5.85. The maximum absolute atomic E-state index is 13.3. The normalized spacial score (nSPS) is 27.4. The molecule has 0 aromatic heterocycles. The maximum Gasteiger partial charge on any atom is 0.298 e. The highest BCUT2D eigenvalue weighted by Crippen LogP contribution is 2.34. The number of hydrogen-bond acceptors (Lipinski definition) is 2. The first kappa shape index (κ1) is 13.4. The van der Waals surface area contributed by atoms with Crippen LogP contribution in [-0.4, -0.2) is 30.1 Å². The van der Waals surface area contributed by atoms with Gasteiger partial charge in [-0.3, -0.25) is 0 Å². The van der Waals surface area contributed by atoms with Gasteiger partial charge >= 0.3 is 0 Å². The Balaban J connectivity index is 1.93. The van der Waals surface area contributed by atoms with E-state index in [1.807, 2.05) is 30.3 Å². The summed E-state index contributed by atoms with van der Waals surface area (Å²) in [6, 6.07) is 9.49. The van der Waals surface area contributed by atoms with Crippen molar-refractivity contribution in [2.24, 2.45) is 5.92 Å². The Labute approximate surface area is 103 Å². The van der Waals surface area contributed by atoms with Crippen LogP contribution in [0.15, 0.2) is 30.3 Å². The Bertz CT molecular complexity index is 381. The van der Waals surface area contributed by atoms with E-state index in [0.717, 1.165) is 5.56 Å². The van der Waals surface area contributed by atoms with Gasteiger partial charge in [0.15, 0.2) is 0 Å². The predicted octanol–water partition coefficient (Wildman–Crippen LogP) is 2.56. The van der Waals surface area contributed by atoms with E-state index in [2.05, 4.69) is 0 Å². The molecule has 0 aliphatic carbocycles. The van der Waals surface area contributed by atoms with Crippen LogP contribution in [0.5, 0.6) is 0 Å². The lowest BCUT2D eigenvalue weighted by molar-refractivity contribution is -0.241. The van der Waals surface area contributed by atoms with Crippen LogP contribution >= 0.6 is 0 Å². The summed E-state index contributed by atoms with van der Waals surface area (Å²) in [6.07, 6.45) is -4.15. The fourth-order valence-corrected chi connectivity index (χ4v) is 2.20. The zero-order chi connectivity index (χ0) is 13.2. The first-order chi connectivity index (χ1) is 8.50. The number of ether oxygens (including phenoxy) is 1. The average Bonchev–Trinajstić information content (AvgIpc) is 2.79. The van der Waals surface area contributed by atoms with Crippen molar-refractivity contribution in [3.63, 3.8) is 0 Å². The van der Waals surface area contributed by atoms with Gasteiger partial charge in [0.1, 0.15) is 6.10 Å². The largest absolute Gasteiger partial charge is 0.372 e. The molecule has 2 nitrogen and oxygen atoms in total. The Morgan fingerprint density at radius 2 is 2.00 bits per heavy atom. The van der Waals surface area contributed by atoms with Gasteiger partial charge in [-0.15, -0.1) is 0 Å². The average molecular weight is 260 g/mol. The van der Waals surface area contributed by atoms with Gasteiger partial charge < -0.3 is 9.84 Å². The highest BCUT2D eigenvalue weighted by molar-refractivity contribution is 5.15. The predicted molar refractivity (Wildman–Crippen MR) is 60.1 cm³/mol. The van der Waals surface area contributed by atoms with E-state index in [0.29, 0.717) is 6.42 Å². The van der Waals surface area contributed by atoms with E-state index in [4.69, 9.17) is 9.84 Å². The van der Waals surface area contributed by atoms with Crippen molar-refractivity contribution in [1.29, 1.82) is 0 Å². The summed E-state index contributed by atoms with van der Waals surface area (Å²) in [5.41, 5.74) is 1.05. The second-order valence-electron chi connectivity index (χ2n) is 4.64. The van der Waals surface area contributed by atoms with E-state index in [9.17, 15) is 13.2 Å². The smallest absolute Gasteiger partial charge is 0.298 e. The second kappa shape index (κ2) is 5.28. The topological polar surface area (TPSA) is 29.5 Å². The number of aliphatic hydroxyl groups is 1. The van der Waals surface area contributed by atoms with Crippen molar-refractivity contribution in [1.82, 2.24) is 0 Å². The van der Waals surface area contributed by atoms with Crippen LogP contribution in [-0.2, 0) is 11.2 Å². The minimum Gasteiger partial charge on any atom is -0.372 e. The molecule has 1 N–H and O–H groups in total. The van der Waals surface area contributed by atoms with Crippen LogP contribution in [0.2, 0.25) is 0 Å². The molecule has 100 valence electrons. The third-order valence-electron chi connectivity index (χ3n) is 3.21. The summed E-state index contributed by atoms with van der Waals surface area (Å²) in [5, 5.41) is 9.03. The van der Waals surface area contributed by atoms with E-state index in [1.165, 1.54) is 0 Å². The molecular weight excluding hydrogens is 245 g/mol. The summed E-state index contributed by atoms with van der Waals surface area (Å²) >= 11 is 0. The van der Waals surface area contributed by atoms with Crippen molar-refractivity contribution in [3.05, 3.63) is 35.9 Å².